The Hall–Kier alpha value is -3.13. The molecule has 0 amide bonds. The first kappa shape index (κ1) is 29.4. The number of hydrogen-bond donors (Lipinski definition) is 4. The number of nitrogens with zero attached hydrogens (tertiary/aromatic N) is 4. The van der Waals surface area contributed by atoms with Crippen molar-refractivity contribution in [3.05, 3.63) is 47.7 Å². The fourth-order valence-corrected chi connectivity index (χ4v) is 5.39. The third-order valence-electron chi connectivity index (χ3n) is 4.79. The largest absolute Gasteiger partial charge is 0.398 e. The van der Waals surface area contributed by atoms with Gasteiger partial charge in [0.25, 0.3) is 10.1 Å². The normalized spacial score (nSPS) is 12.3. The average Bonchev–Trinajstić information content (AvgIpc) is 2.78. The van der Waals surface area contributed by atoms with Crippen molar-refractivity contribution in [2.75, 3.05) is 34.9 Å². The standard InChI is InChI=1S/C19H21ClN6O9S3/c1-2-26(13-4-6-14(7-5-13)36(27,28)10-9-35-38(32,33)34)19-24-17(20)23-18(25-19)22-12-3-8-16(15(21)11-12)37(29,30)31/h3-8,11H,2,9-10,21H2,1H3,(H,29,30,31)(H,32,33,34)(H,22,23,24,25). The van der Waals surface area contributed by atoms with E-state index >= 15 is 0 Å². The Labute approximate surface area is 223 Å². The van der Waals surface area contributed by atoms with Crippen LogP contribution in [0.15, 0.2) is 52.3 Å². The Kier molecular flexibility index (Phi) is 8.76. The predicted octanol–water partition coefficient (Wildman–Crippen LogP) is 1.85. The number of halogens is 1. The van der Waals surface area contributed by atoms with E-state index in [2.05, 4.69) is 24.5 Å². The SMILES string of the molecule is CCN(c1ccc(S(=O)(=O)CCOS(=O)(=O)O)cc1)c1nc(Cl)nc(Nc2ccc(S(=O)(=O)O)c(N)c2)n1. The van der Waals surface area contributed by atoms with E-state index in [1.165, 1.54) is 36.4 Å². The van der Waals surface area contributed by atoms with Crippen molar-refractivity contribution in [1.29, 1.82) is 0 Å². The molecule has 0 radical (unpaired) electrons. The minimum atomic E-state index is -4.76. The topological polar surface area (TPSA) is 232 Å². The van der Waals surface area contributed by atoms with E-state index in [9.17, 15) is 29.8 Å². The molecule has 0 bridgehead atoms. The van der Waals surface area contributed by atoms with Crippen molar-refractivity contribution in [3.8, 4) is 0 Å². The molecular weight excluding hydrogens is 588 g/mol. The van der Waals surface area contributed by atoms with E-state index < -0.39 is 47.6 Å². The number of benzene rings is 2. The summed E-state index contributed by atoms with van der Waals surface area (Å²) in [4.78, 5) is 13.4. The number of aromatic nitrogens is 3. The summed E-state index contributed by atoms with van der Waals surface area (Å²) in [6.07, 6.45) is 0. The number of rotatable bonds is 11. The van der Waals surface area contributed by atoms with Crippen LogP contribution in [-0.4, -0.2) is 68.2 Å². The lowest BCUT2D eigenvalue weighted by Crippen LogP contribution is -2.20. The molecule has 0 fully saturated rings. The minimum Gasteiger partial charge on any atom is -0.398 e. The van der Waals surface area contributed by atoms with Crippen molar-refractivity contribution >= 4 is 70.9 Å². The van der Waals surface area contributed by atoms with Gasteiger partial charge in [-0.05, 0) is 61.0 Å². The molecule has 3 aromatic rings. The molecule has 0 saturated carbocycles. The van der Waals surface area contributed by atoms with Gasteiger partial charge in [-0.15, -0.1) is 0 Å². The molecule has 1 aromatic heterocycles. The molecule has 0 unspecified atom stereocenters. The monoisotopic (exact) mass is 608 g/mol. The zero-order valence-electron chi connectivity index (χ0n) is 19.4. The number of anilines is 5. The van der Waals surface area contributed by atoms with Gasteiger partial charge in [-0.3, -0.25) is 9.11 Å². The van der Waals surface area contributed by atoms with Gasteiger partial charge in [0.1, 0.15) is 4.90 Å². The first-order valence-corrected chi connectivity index (χ1v) is 15.2. The Bertz CT molecular complexity index is 1650. The fourth-order valence-electron chi connectivity index (χ4n) is 3.15. The van der Waals surface area contributed by atoms with Gasteiger partial charge in [-0.2, -0.15) is 31.8 Å². The van der Waals surface area contributed by atoms with Crippen LogP contribution < -0.4 is 16.0 Å². The van der Waals surface area contributed by atoms with Gasteiger partial charge in [-0.25, -0.2) is 12.6 Å². The molecule has 0 aliphatic heterocycles. The Morgan fingerprint density at radius 3 is 2.21 bits per heavy atom. The second-order valence-electron chi connectivity index (χ2n) is 7.39. The molecule has 2 aromatic carbocycles. The van der Waals surface area contributed by atoms with Gasteiger partial charge in [0.15, 0.2) is 9.84 Å². The van der Waals surface area contributed by atoms with Gasteiger partial charge in [0.05, 0.1) is 22.9 Å². The van der Waals surface area contributed by atoms with Crippen LogP contribution in [0.5, 0.6) is 0 Å². The lowest BCUT2D eigenvalue weighted by atomic mass is 10.3. The van der Waals surface area contributed by atoms with Crippen LogP contribution >= 0.6 is 11.6 Å². The van der Waals surface area contributed by atoms with Crippen LogP contribution in [0.3, 0.4) is 0 Å². The highest BCUT2D eigenvalue weighted by Crippen LogP contribution is 2.28. The van der Waals surface area contributed by atoms with E-state index in [1.54, 1.807) is 11.8 Å². The van der Waals surface area contributed by atoms with Gasteiger partial charge >= 0.3 is 10.4 Å². The minimum absolute atomic E-state index is 0.0181. The molecule has 206 valence electrons. The summed E-state index contributed by atoms with van der Waals surface area (Å²) in [5.41, 5.74) is 6.26. The highest BCUT2D eigenvalue weighted by atomic mass is 35.5. The average molecular weight is 609 g/mol. The molecule has 0 saturated heterocycles. The highest BCUT2D eigenvalue weighted by Gasteiger charge is 2.19. The molecule has 19 heteroatoms. The van der Waals surface area contributed by atoms with Gasteiger partial charge in [0, 0.05) is 17.9 Å². The zero-order chi connectivity index (χ0) is 28.3. The number of hydrogen-bond acceptors (Lipinski definition) is 13. The Morgan fingerprint density at radius 1 is 1.00 bits per heavy atom. The van der Waals surface area contributed by atoms with E-state index in [0.717, 1.165) is 6.07 Å². The molecule has 15 nitrogen and oxygen atoms in total. The summed E-state index contributed by atoms with van der Waals surface area (Å²) in [6, 6.07) is 9.20. The third kappa shape index (κ3) is 7.69. The van der Waals surface area contributed by atoms with Crippen LogP contribution in [0.2, 0.25) is 5.28 Å². The maximum Gasteiger partial charge on any atom is 0.397 e. The maximum atomic E-state index is 12.4. The highest BCUT2D eigenvalue weighted by molar-refractivity contribution is 7.91. The summed E-state index contributed by atoms with van der Waals surface area (Å²) < 4.78 is 90.6. The summed E-state index contributed by atoms with van der Waals surface area (Å²) in [6.45, 7) is 1.34. The van der Waals surface area contributed by atoms with E-state index in [4.69, 9.17) is 21.9 Å². The Balaban J connectivity index is 1.84. The number of sulfone groups is 1. The summed E-state index contributed by atoms with van der Waals surface area (Å²) in [7, 11) is -13.2. The van der Waals surface area contributed by atoms with E-state index in [1.807, 2.05) is 0 Å². The maximum absolute atomic E-state index is 12.4. The van der Waals surface area contributed by atoms with Crippen molar-refractivity contribution in [1.82, 2.24) is 15.0 Å². The van der Waals surface area contributed by atoms with Gasteiger partial charge in [-0.1, -0.05) is 0 Å². The molecule has 3 rings (SSSR count). The first-order chi connectivity index (χ1) is 17.6. The molecule has 1 heterocycles. The molecule has 0 atom stereocenters. The summed E-state index contributed by atoms with van der Waals surface area (Å²) in [5, 5.41) is 2.63. The zero-order valence-corrected chi connectivity index (χ0v) is 22.6. The van der Waals surface area contributed by atoms with Crippen molar-refractivity contribution in [3.63, 3.8) is 0 Å². The number of nitrogens with two attached hydrogens (primary N) is 1. The van der Waals surface area contributed by atoms with Crippen molar-refractivity contribution in [2.24, 2.45) is 0 Å². The van der Waals surface area contributed by atoms with Crippen molar-refractivity contribution < 1.29 is 38.5 Å². The lowest BCUT2D eigenvalue weighted by Gasteiger charge is -2.21. The number of nitrogens with one attached hydrogen (secondary N) is 1. The van der Waals surface area contributed by atoms with E-state index in [0.29, 0.717) is 17.9 Å². The van der Waals surface area contributed by atoms with E-state index in [-0.39, 0.29) is 27.8 Å². The van der Waals surface area contributed by atoms with Crippen LogP contribution in [0.1, 0.15) is 6.92 Å². The van der Waals surface area contributed by atoms with Gasteiger partial charge < -0.3 is 16.0 Å². The molecule has 0 aliphatic carbocycles. The smallest absolute Gasteiger partial charge is 0.397 e. The third-order valence-corrected chi connectivity index (χ3v) is 8.05. The quantitative estimate of drug-likeness (QED) is 0.179. The van der Waals surface area contributed by atoms with Gasteiger partial charge in [0.2, 0.25) is 17.2 Å². The van der Waals surface area contributed by atoms with Crippen LogP contribution in [0, 0.1) is 0 Å². The summed E-state index contributed by atoms with van der Waals surface area (Å²) >= 11 is 6.07. The lowest BCUT2D eigenvalue weighted by molar-refractivity contribution is 0.284. The first-order valence-electron chi connectivity index (χ1n) is 10.4. The molecule has 38 heavy (non-hydrogen) atoms. The van der Waals surface area contributed by atoms with Crippen LogP contribution in [0.25, 0.3) is 0 Å². The second-order valence-corrected chi connectivity index (χ2v) is 12.3. The summed E-state index contributed by atoms with van der Waals surface area (Å²) in [5.74, 6) is -0.609. The number of nitrogen functional groups attached to an aromatic ring is 1. The second kappa shape index (κ2) is 11.3. The van der Waals surface area contributed by atoms with Crippen LogP contribution in [0.4, 0.5) is 29.0 Å². The Morgan fingerprint density at radius 2 is 1.66 bits per heavy atom. The molecule has 0 aliphatic rings. The fraction of sp³-hybridized carbons (Fsp3) is 0.211. The van der Waals surface area contributed by atoms with Crippen molar-refractivity contribution in [2.45, 2.75) is 16.7 Å². The molecule has 5 N–H and O–H groups in total. The van der Waals surface area contributed by atoms with Crippen LogP contribution in [-0.2, 0) is 34.5 Å². The molecule has 0 spiro atoms. The predicted molar refractivity (Wildman–Crippen MR) is 137 cm³/mol. The molecular formula is C19H21ClN6O9S3.